The summed E-state index contributed by atoms with van der Waals surface area (Å²) in [5.74, 6) is 0. The van der Waals surface area contributed by atoms with Gasteiger partial charge in [-0.25, -0.2) is 4.98 Å². The van der Waals surface area contributed by atoms with Gasteiger partial charge in [-0.2, -0.15) is 0 Å². The Kier molecular flexibility index (Phi) is 3.50. The first-order chi connectivity index (χ1) is 7.61. The maximum absolute atomic E-state index is 6.10. The average Bonchev–Trinajstić information content (AvgIpc) is 2.65. The van der Waals surface area contributed by atoms with Crippen molar-refractivity contribution >= 4 is 11.6 Å². The number of aromatic nitrogens is 1. The molecule has 0 spiro atoms. The van der Waals surface area contributed by atoms with Crippen LogP contribution in [0.3, 0.4) is 0 Å². The van der Waals surface area contributed by atoms with E-state index in [0.717, 1.165) is 5.56 Å². The zero-order valence-electron chi connectivity index (χ0n) is 9.96. The van der Waals surface area contributed by atoms with E-state index in [-0.39, 0.29) is 11.6 Å². The van der Waals surface area contributed by atoms with Crippen molar-refractivity contribution in [3.63, 3.8) is 0 Å². The summed E-state index contributed by atoms with van der Waals surface area (Å²) in [7, 11) is 0. The summed E-state index contributed by atoms with van der Waals surface area (Å²) in [6.45, 7) is 4.47. The van der Waals surface area contributed by atoms with E-state index in [1.807, 2.05) is 12.1 Å². The van der Waals surface area contributed by atoms with Crippen molar-refractivity contribution < 1.29 is 0 Å². The van der Waals surface area contributed by atoms with E-state index in [1.54, 1.807) is 6.20 Å². The van der Waals surface area contributed by atoms with Gasteiger partial charge < -0.3 is 5.32 Å². The second kappa shape index (κ2) is 4.72. The van der Waals surface area contributed by atoms with Gasteiger partial charge in [-0.15, -0.1) is 0 Å². The van der Waals surface area contributed by atoms with Crippen LogP contribution in [0.4, 0.5) is 0 Å². The molecule has 16 heavy (non-hydrogen) atoms. The van der Waals surface area contributed by atoms with Crippen LogP contribution < -0.4 is 5.32 Å². The van der Waals surface area contributed by atoms with Gasteiger partial charge in [0.1, 0.15) is 5.15 Å². The Bertz CT molecular complexity index is 359. The van der Waals surface area contributed by atoms with E-state index in [0.29, 0.717) is 5.15 Å². The molecule has 1 fully saturated rings. The standard InChI is InChI=1S/C13H19ClN2/c1-10(11-6-5-9-15-12(11)14)16-13(2)7-3-4-8-13/h5-6,9-10,16H,3-4,7-8H2,1-2H3. The summed E-state index contributed by atoms with van der Waals surface area (Å²) < 4.78 is 0. The maximum Gasteiger partial charge on any atom is 0.133 e. The fraction of sp³-hybridized carbons (Fsp3) is 0.615. The summed E-state index contributed by atoms with van der Waals surface area (Å²) in [4.78, 5) is 4.12. The van der Waals surface area contributed by atoms with Gasteiger partial charge in [0, 0.05) is 23.3 Å². The molecule has 3 heteroatoms. The summed E-state index contributed by atoms with van der Waals surface area (Å²) in [5.41, 5.74) is 1.37. The van der Waals surface area contributed by atoms with Gasteiger partial charge in [0.25, 0.3) is 0 Å². The fourth-order valence-electron chi connectivity index (χ4n) is 2.62. The molecule has 1 aromatic heterocycles. The van der Waals surface area contributed by atoms with Crippen LogP contribution in [0.25, 0.3) is 0 Å². The van der Waals surface area contributed by atoms with Crippen LogP contribution in [0.2, 0.25) is 5.15 Å². The zero-order valence-corrected chi connectivity index (χ0v) is 10.7. The van der Waals surface area contributed by atoms with Gasteiger partial charge in [0.05, 0.1) is 0 Å². The van der Waals surface area contributed by atoms with E-state index in [2.05, 4.69) is 24.1 Å². The second-order valence-electron chi connectivity index (χ2n) is 5.02. The number of hydrogen-bond acceptors (Lipinski definition) is 2. The Morgan fingerprint density at radius 3 is 2.75 bits per heavy atom. The fourth-order valence-corrected chi connectivity index (χ4v) is 2.90. The van der Waals surface area contributed by atoms with Crippen LogP contribution in [0.5, 0.6) is 0 Å². The number of nitrogens with one attached hydrogen (secondary N) is 1. The summed E-state index contributed by atoms with van der Waals surface area (Å²) in [6.07, 6.45) is 6.91. The molecule has 1 aromatic rings. The Morgan fingerprint density at radius 1 is 1.44 bits per heavy atom. The van der Waals surface area contributed by atoms with Crippen LogP contribution in [0.1, 0.15) is 51.1 Å². The van der Waals surface area contributed by atoms with Crippen LogP contribution in [-0.2, 0) is 0 Å². The van der Waals surface area contributed by atoms with E-state index < -0.39 is 0 Å². The molecule has 1 atom stereocenters. The number of nitrogens with zero attached hydrogens (tertiary/aromatic N) is 1. The number of halogens is 1. The molecule has 1 aliphatic rings. The zero-order chi connectivity index (χ0) is 11.6. The third-order valence-corrected chi connectivity index (χ3v) is 3.84. The van der Waals surface area contributed by atoms with Crippen LogP contribution in [-0.4, -0.2) is 10.5 Å². The van der Waals surface area contributed by atoms with Crippen molar-refractivity contribution in [1.29, 1.82) is 0 Å². The van der Waals surface area contributed by atoms with Crippen molar-refractivity contribution in [2.24, 2.45) is 0 Å². The molecular formula is C13H19ClN2. The molecule has 1 unspecified atom stereocenters. The molecule has 2 rings (SSSR count). The molecule has 0 amide bonds. The first-order valence-corrected chi connectivity index (χ1v) is 6.37. The van der Waals surface area contributed by atoms with Crippen LogP contribution >= 0.6 is 11.6 Å². The lowest BCUT2D eigenvalue weighted by molar-refractivity contribution is 0.327. The van der Waals surface area contributed by atoms with Gasteiger partial charge >= 0.3 is 0 Å². The van der Waals surface area contributed by atoms with Crippen molar-refractivity contribution in [2.45, 2.75) is 51.1 Å². The minimum atomic E-state index is 0.268. The molecule has 0 aromatic carbocycles. The quantitative estimate of drug-likeness (QED) is 0.812. The van der Waals surface area contributed by atoms with Crippen LogP contribution in [0.15, 0.2) is 18.3 Å². The smallest absolute Gasteiger partial charge is 0.133 e. The normalized spacial score (nSPS) is 20.9. The van der Waals surface area contributed by atoms with E-state index in [4.69, 9.17) is 11.6 Å². The monoisotopic (exact) mass is 238 g/mol. The highest BCUT2D eigenvalue weighted by Crippen LogP contribution is 2.32. The molecule has 1 heterocycles. The van der Waals surface area contributed by atoms with Crippen molar-refractivity contribution in [2.75, 3.05) is 0 Å². The van der Waals surface area contributed by atoms with Crippen LogP contribution in [0, 0.1) is 0 Å². The molecule has 0 radical (unpaired) electrons. The molecule has 0 bridgehead atoms. The largest absolute Gasteiger partial charge is 0.305 e. The molecule has 1 N–H and O–H groups in total. The van der Waals surface area contributed by atoms with Gasteiger partial charge in [0.2, 0.25) is 0 Å². The Balaban J connectivity index is 2.08. The van der Waals surface area contributed by atoms with Gasteiger partial charge in [-0.1, -0.05) is 30.5 Å². The van der Waals surface area contributed by atoms with E-state index in [1.165, 1.54) is 25.7 Å². The molecule has 2 nitrogen and oxygen atoms in total. The highest BCUT2D eigenvalue weighted by Gasteiger charge is 2.30. The SMILES string of the molecule is CC(NC1(C)CCCC1)c1cccnc1Cl. The predicted molar refractivity (Wildman–Crippen MR) is 67.7 cm³/mol. The minimum absolute atomic E-state index is 0.268. The molecule has 0 aliphatic heterocycles. The second-order valence-corrected chi connectivity index (χ2v) is 5.38. The predicted octanol–water partition coefficient (Wildman–Crippen LogP) is 3.72. The molecule has 1 aliphatic carbocycles. The third kappa shape index (κ3) is 2.55. The summed E-state index contributed by atoms with van der Waals surface area (Å²) in [6, 6.07) is 4.26. The first-order valence-electron chi connectivity index (χ1n) is 5.99. The van der Waals surface area contributed by atoms with Crippen molar-refractivity contribution in [3.05, 3.63) is 29.0 Å². The minimum Gasteiger partial charge on any atom is -0.305 e. The van der Waals surface area contributed by atoms with Gasteiger partial charge in [-0.3, -0.25) is 0 Å². The highest BCUT2D eigenvalue weighted by molar-refractivity contribution is 6.30. The highest BCUT2D eigenvalue weighted by atomic mass is 35.5. The lowest BCUT2D eigenvalue weighted by Gasteiger charge is -2.30. The molecular weight excluding hydrogens is 220 g/mol. The Labute approximate surface area is 102 Å². The lowest BCUT2D eigenvalue weighted by Crippen LogP contribution is -2.41. The third-order valence-electron chi connectivity index (χ3n) is 3.53. The first kappa shape index (κ1) is 11.9. The van der Waals surface area contributed by atoms with Gasteiger partial charge in [0.15, 0.2) is 0 Å². The van der Waals surface area contributed by atoms with E-state index in [9.17, 15) is 0 Å². The molecule has 1 saturated carbocycles. The van der Waals surface area contributed by atoms with Crippen molar-refractivity contribution in [1.82, 2.24) is 10.3 Å². The van der Waals surface area contributed by atoms with Gasteiger partial charge in [-0.05, 0) is 32.8 Å². The number of hydrogen-bond donors (Lipinski definition) is 1. The number of rotatable bonds is 3. The molecule has 0 saturated heterocycles. The topological polar surface area (TPSA) is 24.9 Å². The average molecular weight is 239 g/mol. The summed E-state index contributed by atoms with van der Waals surface area (Å²) in [5, 5.41) is 4.30. The number of pyridine rings is 1. The summed E-state index contributed by atoms with van der Waals surface area (Å²) >= 11 is 6.10. The maximum atomic E-state index is 6.10. The van der Waals surface area contributed by atoms with Crippen molar-refractivity contribution in [3.8, 4) is 0 Å². The van der Waals surface area contributed by atoms with E-state index >= 15 is 0 Å². The Hall–Kier alpha value is -0.600. The Morgan fingerprint density at radius 2 is 2.12 bits per heavy atom. The molecule has 88 valence electrons. The lowest BCUT2D eigenvalue weighted by atomic mass is 9.98.